The van der Waals surface area contributed by atoms with E-state index < -0.39 is 0 Å². The molecule has 1 aliphatic heterocycles. The van der Waals surface area contributed by atoms with Crippen LogP contribution in [0.4, 0.5) is 0 Å². The lowest BCUT2D eigenvalue weighted by molar-refractivity contribution is -0.130. The molecule has 146 valence electrons. The van der Waals surface area contributed by atoms with Gasteiger partial charge in [0.25, 0.3) is 0 Å². The summed E-state index contributed by atoms with van der Waals surface area (Å²) in [5.74, 6) is 0.0465. The fraction of sp³-hybridized carbons (Fsp3) is 0.286. The Morgan fingerprint density at radius 2 is 1.86 bits per heavy atom. The van der Waals surface area contributed by atoms with E-state index in [4.69, 9.17) is 23.2 Å². The lowest BCUT2D eigenvalue weighted by Crippen LogP contribution is -2.50. The standard InChI is InChI=1S/C21H19BrCl2N2OS/c22-19-6-5-18(28-19)21(26-9-7-25(8-10-26)20(27)13-23)17-12-15(24)11-14-3-1-2-4-16(14)17/h1-6,11-12,21H,7-10,13H2. The third-order valence-corrected chi connectivity index (χ3v) is 7.29. The van der Waals surface area contributed by atoms with Gasteiger partial charge in [0.05, 0.1) is 9.83 Å². The Hall–Kier alpha value is -1.11. The molecule has 3 aromatic rings. The second-order valence-electron chi connectivity index (χ2n) is 6.81. The van der Waals surface area contributed by atoms with E-state index in [-0.39, 0.29) is 17.8 Å². The monoisotopic (exact) mass is 496 g/mol. The van der Waals surface area contributed by atoms with Crippen LogP contribution < -0.4 is 0 Å². The Bertz CT molecular complexity index is 1000. The number of piperazine rings is 1. The van der Waals surface area contributed by atoms with Crippen LogP contribution in [0.15, 0.2) is 52.3 Å². The second-order valence-corrected chi connectivity index (χ2v) is 10.0. The fourth-order valence-corrected chi connectivity index (χ4v) is 5.83. The molecule has 7 heteroatoms. The van der Waals surface area contributed by atoms with Crippen molar-refractivity contribution in [1.29, 1.82) is 0 Å². The SMILES string of the molecule is O=C(CCl)N1CCN(C(c2ccc(Br)s2)c2cc(Cl)cc3ccccc23)CC1. The van der Waals surface area contributed by atoms with Gasteiger partial charge in [0.1, 0.15) is 5.88 Å². The van der Waals surface area contributed by atoms with Gasteiger partial charge in [0.2, 0.25) is 5.91 Å². The van der Waals surface area contributed by atoms with Crippen molar-refractivity contribution in [1.82, 2.24) is 9.80 Å². The van der Waals surface area contributed by atoms with E-state index in [1.54, 1.807) is 11.3 Å². The number of hydrogen-bond acceptors (Lipinski definition) is 3. The minimum atomic E-state index is 0.00457. The van der Waals surface area contributed by atoms with Crippen molar-refractivity contribution >= 4 is 67.1 Å². The van der Waals surface area contributed by atoms with Crippen molar-refractivity contribution in [2.45, 2.75) is 6.04 Å². The van der Waals surface area contributed by atoms with E-state index in [0.29, 0.717) is 13.1 Å². The highest BCUT2D eigenvalue weighted by atomic mass is 79.9. The molecule has 2 heterocycles. The average Bonchev–Trinajstić information content (AvgIpc) is 3.13. The van der Waals surface area contributed by atoms with Crippen LogP contribution in [0.5, 0.6) is 0 Å². The highest BCUT2D eigenvalue weighted by Crippen LogP contribution is 2.40. The molecule has 1 amide bonds. The second kappa shape index (κ2) is 8.72. The number of carbonyl (C=O) groups excluding carboxylic acids is 1. The molecular weight excluding hydrogens is 479 g/mol. The summed E-state index contributed by atoms with van der Waals surface area (Å²) < 4.78 is 1.11. The van der Waals surface area contributed by atoms with E-state index in [1.807, 2.05) is 17.0 Å². The van der Waals surface area contributed by atoms with Gasteiger partial charge in [0.15, 0.2) is 0 Å². The largest absolute Gasteiger partial charge is 0.339 e. The molecule has 0 bridgehead atoms. The number of fused-ring (bicyclic) bond motifs is 1. The summed E-state index contributed by atoms with van der Waals surface area (Å²) in [5.41, 5.74) is 1.20. The maximum atomic E-state index is 12.0. The number of benzene rings is 2. The first-order chi connectivity index (χ1) is 13.6. The van der Waals surface area contributed by atoms with Gasteiger partial charge in [-0.1, -0.05) is 35.9 Å². The molecule has 0 saturated carbocycles. The molecule has 1 unspecified atom stereocenters. The molecular formula is C21H19BrCl2N2OS. The maximum Gasteiger partial charge on any atom is 0.237 e. The summed E-state index contributed by atoms with van der Waals surface area (Å²) >= 11 is 17.6. The van der Waals surface area contributed by atoms with Gasteiger partial charge in [-0.15, -0.1) is 22.9 Å². The summed E-state index contributed by atoms with van der Waals surface area (Å²) in [4.78, 5) is 17.5. The number of rotatable bonds is 4. The minimum Gasteiger partial charge on any atom is -0.339 e. The van der Waals surface area contributed by atoms with Gasteiger partial charge < -0.3 is 4.90 Å². The van der Waals surface area contributed by atoms with E-state index in [1.165, 1.54) is 15.8 Å². The molecule has 1 aromatic heterocycles. The summed E-state index contributed by atoms with van der Waals surface area (Å²) in [5, 5.41) is 3.09. The van der Waals surface area contributed by atoms with Crippen molar-refractivity contribution < 1.29 is 4.79 Å². The van der Waals surface area contributed by atoms with E-state index in [0.717, 1.165) is 27.3 Å². The van der Waals surface area contributed by atoms with Crippen molar-refractivity contribution in [3.05, 3.63) is 67.8 Å². The smallest absolute Gasteiger partial charge is 0.237 e. The average molecular weight is 498 g/mol. The zero-order valence-electron chi connectivity index (χ0n) is 15.1. The number of carbonyl (C=O) groups is 1. The maximum absolute atomic E-state index is 12.0. The quantitative estimate of drug-likeness (QED) is 0.426. The number of halogens is 3. The topological polar surface area (TPSA) is 23.6 Å². The molecule has 1 saturated heterocycles. The van der Waals surface area contributed by atoms with Gasteiger partial charge in [0, 0.05) is 36.1 Å². The van der Waals surface area contributed by atoms with Gasteiger partial charge >= 0.3 is 0 Å². The Kier molecular flexibility index (Phi) is 6.28. The molecule has 4 rings (SSSR count). The van der Waals surface area contributed by atoms with Crippen LogP contribution in [0.25, 0.3) is 10.8 Å². The number of thiophene rings is 1. The first-order valence-electron chi connectivity index (χ1n) is 9.08. The van der Waals surface area contributed by atoms with Gasteiger partial charge in [-0.3, -0.25) is 9.69 Å². The van der Waals surface area contributed by atoms with Gasteiger partial charge in [-0.05, 0) is 56.5 Å². The van der Waals surface area contributed by atoms with Gasteiger partial charge in [-0.25, -0.2) is 0 Å². The molecule has 28 heavy (non-hydrogen) atoms. The van der Waals surface area contributed by atoms with Crippen molar-refractivity contribution in [2.24, 2.45) is 0 Å². The predicted octanol–water partition coefficient (Wildman–Crippen LogP) is 5.79. The minimum absolute atomic E-state index is 0.00457. The lowest BCUT2D eigenvalue weighted by atomic mass is 9.96. The van der Waals surface area contributed by atoms with Gasteiger partial charge in [-0.2, -0.15) is 0 Å². The van der Waals surface area contributed by atoms with Crippen LogP contribution >= 0.6 is 50.5 Å². The first-order valence-corrected chi connectivity index (χ1v) is 11.6. The molecule has 0 spiro atoms. The van der Waals surface area contributed by atoms with Crippen LogP contribution in [0, 0.1) is 0 Å². The lowest BCUT2D eigenvalue weighted by Gasteiger charge is -2.39. The molecule has 1 fully saturated rings. The Balaban J connectivity index is 1.75. The van der Waals surface area contributed by atoms with Crippen LogP contribution in [-0.2, 0) is 4.79 Å². The first kappa shape index (κ1) is 20.2. The normalized spacial score (nSPS) is 16.5. The van der Waals surface area contributed by atoms with E-state index >= 15 is 0 Å². The predicted molar refractivity (Wildman–Crippen MR) is 122 cm³/mol. The molecule has 2 aromatic carbocycles. The third-order valence-electron chi connectivity index (χ3n) is 5.16. The number of amides is 1. The fourth-order valence-electron chi connectivity index (χ4n) is 3.85. The van der Waals surface area contributed by atoms with Crippen LogP contribution in [0.3, 0.4) is 0 Å². The summed E-state index contributed by atoms with van der Waals surface area (Å²) in [6.07, 6.45) is 0. The highest BCUT2D eigenvalue weighted by Gasteiger charge is 2.30. The zero-order valence-corrected chi connectivity index (χ0v) is 19.0. The van der Waals surface area contributed by atoms with Crippen LogP contribution in [-0.4, -0.2) is 47.8 Å². The van der Waals surface area contributed by atoms with E-state index in [9.17, 15) is 4.79 Å². The van der Waals surface area contributed by atoms with Crippen LogP contribution in [0.1, 0.15) is 16.5 Å². The van der Waals surface area contributed by atoms with E-state index in [2.05, 4.69) is 57.2 Å². The van der Waals surface area contributed by atoms with Crippen molar-refractivity contribution in [2.75, 3.05) is 32.1 Å². The summed E-state index contributed by atoms with van der Waals surface area (Å²) in [6, 6.07) is 16.8. The Morgan fingerprint density at radius 3 is 2.54 bits per heavy atom. The number of alkyl halides is 1. The summed E-state index contributed by atoms with van der Waals surface area (Å²) in [6.45, 7) is 2.97. The highest BCUT2D eigenvalue weighted by molar-refractivity contribution is 9.11. The molecule has 0 radical (unpaired) electrons. The molecule has 0 aliphatic carbocycles. The van der Waals surface area contributed by atoms with Crippen LogP contribution in [0.2, 0.25) is 5.02 Å². The summed E-state index contributed by atoms with van der Waals surface area (Å²) in [7, 11) is 0. The molecule has 1 atom stereocenters. The Labute approximate surface area is 187 Å². The third kappa shape index (κ3) is 4.10. The zero-order chi connectivity index (χ0) is 19.7. The number of hydrogen-bond donors (Lipinski definition) is 0. The molecule has 1 aliphatic rings. The van der Waals surface area contributed by atoms with Crippen molar-refractivity contribution in [3.8, 4) is 0 Å². The number of nitrogens with zero attached hydrogens (tertiary/aromatic N) is 2. The Morgan fingerprint density at radius 1 is 1.11 bits per heavy atom. The molecule has 3 nitrogen and oxygen atoms in total. The molecule has 0 N–H and O–H groups in total. The van der Waals surface area contributed by atoms with Crippen molar-refractivity contribution in [3.63, 3.8) is 0 Å².